The second-order valence-corrected chi connectivity index (χ2v) is 28.2. The predicted molar refractivity (Wildman–Crippen MR) is 382 cm³/mol. The Labute approximate surface area is 581 Å². The SMILES string of the molecule is CC(C)(CC#N)c1c(-c2ccc(C(=O)O)cc2)c2cc3c(cc2n1-c1ccc(F)cc1)C=NC3.CC(C)(COC(F)F)c1c(-c2ccc(C(=O)O)cc2)c2cc3c(cc2n1-c1ccc(F)cc1)C=NC3.CS(=O)(=O)c1c(-c2ccc(C(=O)O)cc2)c2cc3c(cc2n1-c1ccc(F)cc1)C=NC3. The van der Waals surface area contributed by atoms with Crippen molar-refractivity contribution in [1.82, 2.24) is 13.7 Å². The van der Waals surface area contributed by atoms with Crippen molar-refractivity contribution in [3.63, 3.8) is 0 Å². The van der Waals surface area contributed by atoms with Crippen LogP contribution >= 0.6 is 0 Å². The van der Waals surface area contributed by atoms with Gasteiger partial charge in [-0.25, -0.2) is 36.0 Å². The van der Waals surface area contributed by atoms with E-state index in [0.717, 1.165) is 95.1 Å². The molecule has 0 saturated carbocycles. The third-order valence-electron chi connectivity index (χ3n) is 18.4. The van der Waals surface area contributed by atoms with Gasteiger partial charge in [0, 0.05) is 103 Å². The van der Waals surface area contributed by atoms with Gasteiger partial charge in [0.05, 0.1) is 65.6 Å². The van der Waals surface area contributed by atoms with Gasteiger partial charge in [-0.1, -0.05) is 64.1 Å². The van der Waals surface area contributed by atoms with E-state index in [-0.39, 0.29) is 40.6 Å². The van der Waals surface area contributed by atoms with Crippen LogP contribution in [0.15, 0.2) is 202 Å². The molecule has 0 amide bonds. The van der Waals surface area contributed by atoms with Gasteiger partial charge in [0.25, 0.3) is 0 Å². The zero-order chi connectivity index (χ0) is 72.3. The zero-order valence-corrected chi connectivity index (χ0v) is 56.2. The quantitative estimate of drug-likeness (QED) is 0.0775. The summed E-state index contributed by atoms with van der Waals surface area (Å²) >= 11 is 0. The van der Waals surface area contributed by atoms with Crippen molar-refractivity contribution < 1.29 is 64.8 Å². The molecule has 102 heavy (non-hydrogen) atoms. The van der Waals surface area contributed by atoms with Crippen LogP contribution in [0.25, 0.3) is 83.2 Å². The Kier molecular flexibility index (Phi) is 18.1. The van der Waals surface area contributed by atoms with Crippen molar-refractivity contribution in [2.75, 3.05) is 12.9 Å². The fraction of sp³-hybridized carbons (Fsp3) is 0.163. The molecule has 3 aliphatic heterocycles. The average Bonchev–Trinajstić information content (AvgIpc) is 1.58. The highest BCUT2D eigenvalue weighted by Crippen LogP contribution is 2.48. The highest BCUT2D eigenvalue weighted by molar-refractivity contribution is 7.90. The number of nitrogens with zero attached hydrogens (tertiary/aromatic N) is 7. The molecule has 0 spiro atoms. The molecule has 0 unspecified atom stereocenters. The minimum absolute atomic E-state index is 0.0581. The number of hydrogen-bond acceptors (Lipinski definition) is 10. The largest absolute Gasteiger partial charge is 0.478 e. The number of aliphatic imine (C=N–C) groups is 3. The molecule has 9 aromatic carbocycles. The summed E-state index contributed by atoms with van der Waals surface area (Å²) in [5.41, 5.74) is 15.2. The second-order valence-electron chi connectivity index (χ2n) is 26.3. The maximum atomic E-state index is 13.8. The summed E-state index contributed by atoms with van der Waals surface area (Å²) in [6, 6.07) is 51.7. The number of benzene rings is 9. The Morgan fingerprint density at radius 1 is 0.490 bits per heavy atom. The smallest absolute Gasteiger partial charge is 0.345 e. The molecule has 0 bridgehead atoms. The first kappa shape index (κ1) is 68.6. The number of rotatable bonds is 16. The number of hydrogen-bond donors (Lipinski definition) is 3. The van der Waals surface area contributed by atoms with Gasteiger partial charge in [-0.3, -0.25) is 19.5 Å². The lowest BCUT2D eigenvalue weighted by Crippen LogP contribution is -2.29. The van der Waals surface area contributed by atoms with E-state index < -0.39 is 56.8 Å². The van der Waals surface area contributed by atoms with Crippen molar-refractivity contribution in [2.24, 2.45) is 15.0 Å². The first-order valence-corrected chi connectivity index (χ1v) is 34.0. The lowest BCUT2D eigenvalue weighted by molar-refractivity contribution is -0.139. The number of aromatic carboxylic acids is 3. The Morgan fingerprint density at radius 3 is 1.13 bits per heavy atom. The predicted octanol–water partition coefficient (Wildman–Crippen LogP) is 17.3. The van der Waals surface area contributed by atoms with Gasteiger partial charge in [0.2, 0.25) is 0 Å². The van der Waals surface area contributed by atoms with Crippen LogP contribution in [-0.2, 0) is 45.0 Å². The highest BCUT2D eigenvalue weighted by Gasteiger charge is 2.36. The van der Waals surface area contributed by atoms with E-state index in [0.29, 0.717) is 58.7 Å². The van der Waals surface area contributed by atoms with E-state index >= 15 is 0 Å². The normalized spacial score (nSPS) is 12.9. The summed E-state index contributed by atoms with van der Waals surface area (Å²) < 4.78 is 104. The second kappa shape index (κ2) is 27.0. The van der Waals surface area contributed by atoms with Crippen molar-refractivity contribution in [1.29, 1.82) is 5.26 Å². The molecular weight excluding hydrogens is 1330 g/mol. The number of fused-ring (bicyclic) bond motifs is 6. The van der Waals surface area contributed by atoms with Crippen LogP contribution in [0.2, 0.25) is 0 Å². The first-order valence-electron chi connectivity index (χ1n) is 32.1. The van der Waals surface area contributed by atoms with Crippen molar-refractivity contribution >= 4 is 79.1 Å². The number of sulfone groups is 1. The lowest BCUT2D eigenvalue weighted by atomic mass is 9.81. The molecule has 3 N–H and O–H groups in total. The molecule has 3 aromatic heterocycles. The number of alkyl halides is 2. The molecule has 22 heteroatoms. The number of carboxylic acid groups (broad SMARTS) is 3. The number of aromatic nitrogens is 3. The number of carbonyl (C=O) groups is 3. The standard InChI is InChI=1S/C28H23F3N2O3.C28H22FN3O2.C24H17FN2O4S/c1-28(2,15-36-27(30)31)25-24(16-3-5-17(6-4-16)26(34)35)22-11-18-13-32-14-19(18)12-23(22)33(25)21-9-7-20(29)8-10-21;1-28(2,11-12-30)26-25(17-3-5-18(6-4-17)27(33)34)23-13-19-15-31-16-20(19)14-24(23)32(26)22-9-7-21(29)8-10-22;1-32(30,31)23-22(14-2-4-15(5-3-14)24(28)29)20-10-16-12-26-13-17(16)11-21(20)27(23)19-8-6-18(25)7-9-19/h3-12,14,27H,13,15H2,1-2H3,(H,34,35);3-10,13-14,16H,11,15H2,1-2H3,(H,33,34);2-11,13H,12H2,1H3,(H,28,29). The molecule has 3 aliphatic rings. The Morgan fingerprint density at radius 2 is 0.804 bits per heavy atom. The minimum atomic E-state index is -3.75. The Balaban J connectivity index is 0.000000137. The van der Waals surface area contributed by atoms with Crippen LogP contribution in [0, 0.1) is 28.8 Å². The fourth-order valence-electron chi connectivity index (χ4n) is 13.7. The summed E-state index contributed by atoms with van der Waals surface area (Å²) in [6.07, 6.45) is 6.80. The summed E-state index contributed by atoms with van der Waals surface area (Å²) in [5, 5.41) is 40.2. The summed E-state index contributed by atoms with van der Waals surface area (Å²) in [7, 11) is -3.75. The van der Waals surface area contributed by atoms with Gasteiger partial charge < -0.3 is 29.2 Å². The highest BCUT2D eigenvalue weighted by atomic mass is 32.2. The Bertz CT molecular complexity index is 5640. The van der Waals surface area contributed by atoms with Gasteiger partial charge >= 0.3 is 24.5 Å². The molecule has 512 valence electrons. The van der Waals surface area contributed by atoms with Crippen molar-refractivity contribution in [3.05, 3.63) is 261 Å². The van der Waals surface area contributed by atoms with Gasteiger partial charge in [-0.05, 0) is 196 Å². The van der Waals surface area contributed by atoms with E-state index in [1.165, 1.54) is 72.8 Å². The van der Waals surface area contributed by atoms with E-state index in [1.54, 1.807) is 77.7 Å². The van der Waals surface area contributed by atoms with Crippen LogP contribution in [0.3, 0.4) is 0 Å². The van der Waals surface area contributed by atoms with Gasteiger partial charge in [0.15, 0.2) is 9.84 Å². The van der Waals surface area contributed by atoms with Gasteiger partial charge in [-0.2, -0.15) is 14.0 Å². The Hall–Kier alpha value is -11.9. The summed E-state index contributed by atoms with van der Waals surface area (Å²) in [6.45, 7) is 6.08. The lowest BCUT2D eigenvalue weighted by Gasteiger charge is -2.28. The topological polar surface area (TPSA) is 231 Å². The third kappa shape index (κ3) is 13.1. The van der Waals surface area contributed by atoms with E-state index in [2.05, 4.69) is 37.7 Å². The van der Waals surface area contributed by atoms with Crippen LogP contribution in [0.5, 0.6) is 0 Å². The zero-order valence-electron chi connectivity index (χ0n) is 55.4. The number of carboxylic acids is 3. The van der Waals surface area contributed by atoms with Crippen LogP contribution in [0.1, 0.15) is 110 Å². The monoisotopic (exact) mass is 1390 g/mol. The maximum absolute atomic E-state index is 13.8. The third-order valence-corrected chi connectivity index (χ3v) is 19.4. The van der Waals surface area contributed by atoms with E-state index in [4.69, 9.17) is 4.74 Å². The molecule has 15 rings (SSSR count). The molecule has 0 fully saturated rings. The van der Waals surface area contributed by atoms with Gasteiger partial charge in [0.1, 0.15) is 22.5 Å². The summed E-state index contributed by atoms with van der Waals surface area (Å²) in [4.78, 5) is 47.2. The number of ether oxygens (including phenoxy) is 1. The maximum Gasteiger partial charge on any atom is 0.345 e. The van der Waals surface area contributed by atoms with Crippen molar-refractivity contribution in [2.45, 2.75) is 76.2 Å². The molecule has 0 aliphatic carbocycles. The molecule has 0 saturated heterocycles. The fourth-order valence-corrected chi connectivity index (χ4v) is 14.8. The van der Waals surface area contributed by atoms with Crippen LogP contribution in [-0.4, -0.2) is 93.5 Å². The van der Waals surface area contributed by atoms with E-state index in [1.807, 2.05) is 74.9 Å². The molecular formula is C80H62F5N7O9S. The molecule has 6 heterocycles. The average molecular weight is 1390 g/mol. The van der Waals surface area contributed by atoms with Gasteiger partial charge in [-0.15, -0.1) is 0 Å². The number of halogens is 5. The first-order chi connectivity index (χ1) is 48.7. The molecule has 0 radical (unpaired) electrons. The molecule has 12 aromatic rings. The van der Waals surface area contributed by atoms with Crippen molar-refractivity contribution in [3.8, 4) is 56.5 Å². The minimum Gasteiger partial charge on any atom is -0.478 e. The molecule has 0 atom stereocenters. The van der Waals surface area contributed by atoms with Crippen LogP contribution < -0.4 is 0 Å². The summed E-state index contributed by atoms with van der Waals surface area (Å²) in [5.74, 6) is -4.24. The molecule has 16 nitrogen and oxygen atoms in total. The number of nitriles is 1. The van der Waals surface area contributed by atoms with Crippen LogP contribution in [0.4, 0.5) is 22.0 Å². The van der Waals surface area contributed by atoms with E-state index in [9.17, 15) is 65.3 Å².